The van der Waals surface area contributed by atoms with Gasteiger partial charge in [-0.2, -0.15) is 0 Å². The molecule has 252 valence electrons. The Morgan fingerprint density at radius 1 is 0.870 bits per heavy atom. The number of carbonyl (C=O) groups excluding carboxylic acids is 2. The molecule has 0 aliphatic rings. The van der Waals surface area contributed by atoms with E-state index in [1.165, 1.54) is 64.6 Å². The van der Waals surface area contributed by atoms with Crippen LogP contribution in [0.4, 0.5) is 40.0 Å². The van der Waals surface area contributed by atoms with Crippen LogP contribution in [0, 0.1) is 17.5 Å². The molecule has 0 radical (unpaired) electrons. The normalized spacial score (nSPS) is 12.7. The zero-order chi connectivity index (χ0) is 35.0. The van der Waals surface area contributed by atoms with E-state index >= 15 is 13.2 Å². The Morgan fingerprint density at radius 3 is 1.98 bits per heavy atom. The van der Waals surface area contributed by atoms with Crippen molar-refractivity contribution >= 4 is 50.7 Å². The average molecular weight is 685 g/mol. The summed E-state index contributed by atoms with van der Waals surface area (Å²) in [6.07, 6.45) is -2.65. The molecule has 0 saturated carbocycles. The van der Waals surface area contributed by atoms with E-state index in [1.54, 1.807) is 7.05 Å². The quantitative estimate of drug-likeness (QED) is 0.246. The Labute approximate surface area is 271 Å². The largest absolute Gasteiger partial charge is 0.443 e. The molecule has 1 aromatic heterocycles. The molecule has 15 heteroatoms. The molecule has 2 aromatic carbocycles. The van der Waals surface area contributed by atoms with Crippen molar-refractivity contribution in [3.8, 4) is 0 Å². The number of hydrogen-bond donors (Lipinski definition) is 0. The summed E-state index contributed by atoms with van der Waals surface area (Å²) in [6, 6.07) is 5.46. The number of carbonyl (C=O) groups is 2. The monoisotopic (exact) mass is 684 g/mol. The first kappa shape index (κ1) is 36.8. The first-order valence-corrected chi connectivity index (χ1v) is 16.5. The first-order valence-electron chi connectivity index (χ1n) is 14.1. The predicted octanol–water partition coefficient (Wildman–Crippen LogP) is 7.99. The van der Waals surface area contributed by atoms with Gasteiger partial charge in [-0.3, -0.25) is 4.90 Å². The van der Waals surface area contributed by atoms with Crippen molar-refractivity contribution < 1.29 is 40.7 Å². The van der Waals surface area contributed by atoms with Crippen LogP contribution >= 0.6 is 11.3 Å². The van der Waals surface area contributed by atoms with Gasteiger partial charge in [0, 0.05) is 17.5 Å². The number of anilines is 3. The van der Waals surface area contributed by atoms with Crippen LogP contribution < -0.4 is 9.21 Å². The van der Waals surface area contributed by atoms with Gasteiger partial charge in [-0.1, -0.05) is 12.1 Å². The molecule has 0 fully saturated rings. The van der Waals surface area contributed by atoms with Gasteiger partial charge in [0.25, 0.3) is 10.0 Å². The van der Waals surface area contributed by atoms with Gasteiger partial charge in [0.2, 0.25) is 0 Å². The number of rotatable bonds is 7. The van der Waals surface area contributed by atoms with Crippen LogP contribution in [-0.4, -0.2) is 54.3 Å². The van der Waals surface area contributed by atoms with Crippen molar-refractivity contribution in [2.24, 2.45) is 0 Å². The maximum atomic E-state index is 16.1. The number of amides is 2. The van der Waals surface area contributed by atoms with E-state index in [-0.39, 0.29) is 16.4 Å². The lowest BCUT2D eigenvalue weighted by Gasteiger charge is -2.34. The minimum Gasteiger partial charge on any atom is -0.443 e. The summed E-state index contributed by atoms with van der Waals surface area (Å²) in [7, 11) is -3.41. The molecule has 0 spiro atoms. The number of benzene rings is 2. The second-order valence-electron chi connectivity index (χ2n) is 13.4. The zero-order valence-corrected chi connectivity index (χ0v) is 29.1. The number of thiazole rings is 1. The minimum absolute atomic E-state index is 0.0882. The molecule has 0 unspecified atom stereocenters. The van der Waals surface area contributed by atoms with Crippen LogP contribution in [0.15, 0.2) is 46.1 Å². The van der Waals surface area contributed by atoms with E-state index in [0.29, 0.717) is 11.0 Å². The highest BCUT2D eigenvalue weighted by atomic mass is 32.2. The van der Waals surface area contributed by atoms with Crippen molar-refractivity contribution in [1.29, 1.82) is 0 Å². The third-order valence-electron chi connectivity index (χ3n) is 6.40. The van der Waals surface area contributed by atoms with Crippen LogP contribution in [0.1, 0.15) is 67.9 Å². The van der Waals surface area contributed by atoms with E-state index in [9.17, 15) is 18.0 Å². The van der Waals surface area contributed by atoms with Gasteiger partial charge in [-0.15, -0.1) is 15.6 Å². The highest BCUT2D eigenvalue weighted by Gasteiger charge is 2.40. The maximum Gasteiger partial charge on any atom is 0.430 e. The summed E-state index contributed by atoms with van der Waals surface area (Å²) < 4.78 is 86.1. The Morgan fingerprint density at radius 2 is 1.46 bits per heavy atom. The molecule has 0 N–H and O–H groups in total. The van der Waals surface area contributed by atoms with Crippen LogP contribution in [0.25, 0.3) is 0 Å². The van der Waals surface area contributed by atoms with Crippen molar-refractivity contribution in [3.05, 3.63) is 64.2 Å². The zero-order valence-electron chi connectivity index (χ0n) is 27.4. The molecule has 0 atom stereocenters. The maximum absolute atomic E-state index is 16.1. The summed E-state index contributed by atoms with van der Waals surface area (Å²) in [5, 5.41) is 1.21. The third kappa shape index (κ3) is 8.36. The lowest BCUT2D eigenvalue weighted by Crippen LogP contribution is -2.41. The van der Waals surface area contributed by atoms with E-state index in [2.05, 4.69) is 4.98 Å². The summed E-state index contributed by atoms with van der Waals surface area (Å²) in [6.45, 7) is 14.9. The molecule has 46 heavy (non-hydrogen) atoms. The molecule has 3 aromatic rings. The molecule has 2 amide bonds. The SMILES string of the molecule is CN(Cc1cccc(F)c1N(C(=O)OC(C)(C)C)c1ccc(S(=O)(=O)N(C(=O)OC(C)(C)C)c2cscn2)c(F)c1F)C(C)(C)C. The molecule has 3 rings (SSSR count). The number of aromatic nitrogens is 1. The van der Waals surface area contributed by atoms with Gasteiger partial charge in [-0.05, 0) is 93.1 Å². The number of nitrogens with zero attached hydrogens (tertiary/aromatic N) is 4. The number of sulfonamides is 1. The van der Waals surface area contributed by atoms with Crippen LogP contribution in [0.3, 0.4) is 0 Å². The van der Waals surface area contributed by atoms with Crippen molar-refractivity contribution in [1.82, 2.24) is 9.88 Å². The Kier molecular flexibility index (Phi) is 10.6. The summed E-state index contributed by atoms with van der Waals surface area (Å²) in [4.78, 5) is 31.7. The molecule has 0 saturated heterocycles. The minimum atomic E-state index is -5.18. The summed E-state index contributed by atoms with van der Waals surface area (Å²) in [5.41, 5.74) is -2.45. The van der Waals surface area contributed by atoms with E-state index in [1.807, 2.05) is 25.7 Å². The van der Waals surface area contributed by atoms with Gasteiger partial charge in [0.1, 0.15) is 21.9 Å². The third-order valence-corrected chi connectivity index (χ3v) is 8.66. The average Bonchev–Trinajstić information content (AvgIpc) is 3.39. The number of ether oxygens (including phenoxy) is 2. The summed E-state index contributed by atoms with van der Waals surface area (Å²) >= 11 is 0.952. The van der Waals surface area contributed by atoms with Crippen molar-refractivity contribution in [2.75, 3.05) is 16.3 Å². The van der Waals surface area contributed by atoms with Crippen LogP contribution in [0.5, 0.6) is 0 Å². The molecule has 0 aliphatic carbocycles. The highest BCUT2D eigenvalue weighted by molar-refractivity contribution is 7.93. The fourth-order valence-corrected chi connectivity index (χ4v) is 5.88. The lowest BCUT2D eigenvalue weighted by molar-refractivity contribution is 0.0589. The Hall–Kier alpha value is -3.69. The number of para-hydroxylation sites is 1. The highest BCUT2D eigenvalue weighted by Crippen LogP contribution is 2.38. The molecule has 1 heterocycles. The Bertz CT molecular complexity index is 1700. The number of hydrogen-bond acceptors (Lipinski definition) is 9. The van der Waals surface area contributed by atoms with Crippen molar-refractivity contribution in [3.63, 3.8) is 0 Å². The molecule has 10 nitrogen and oxygen atoms in total. The number of halogens is 3. The second kappa shape index (κ2) is 13.2. The molecular weight excluding hydrogens is 645 g/mol. The van der Waals surface area contributed by atoms with Gasteiger partial charge in [0.05, 0.1) is 16.9 Å². The predicted molar refractivity (Wildman–Crippen MR) is 170 cm³/mol. The van der Waals surface area contributed by atoms with Crippen LogP contribution in [-0.2, 0) is 26.0 Å². The van der Waals surface area contributed by atoms with Crippen LogP contribution in [0.2, 0.25) is 0 Å². The Balaban J connectivity index is 2.27. The van der Waals surface area contributed by atoms with Gasteiger partial charge in [-0.25, -0.2) is 41.1 Å². The lowest BCUT2D eigenvalue weighted by atomic mass is 10.0. The van der Waals surface area contributed by atoms with E-state index in [4.69, 9.17) is 9.47 Å². The molecular formula is C31H39F3N4O6S2. The fourth-order valence-electron chi connectivity index (χ4n) is 3.96. The standard InChI is InChI=1S/C31H39F3N4O6S2/c1-29(2,3)36(10)16-19-12-11-13-20(32)26(19)37(27(39)43-30(4,5)6)21-14-15-22(25(34)24(21)33)46(41,42)38(23-17-45-18-35-23)28(40)44-31(7,8)9/h11-15,17-18H,16H2,1-10H3. The molecule has 0 bridgehead atoms. The van der Waals surface area contributed by atoms with E-state index < -0.39 is 78.5 Å². The van der Waals surface area contributed by atoms with Gasteiger partial charge >= 0.3 is 12.2 Å². The molecule has 0 aliphatic heterocycles. The van der Waals surface area contributed by atoms with Crippen molar-refractivity contribution in [2.45, 2.75) is 90.5 Å². The fraction of sp³-hybridized carbons (Fsp3) is 0.452. The van der Waals surface area contributed by atoms with E-state index in [0.717, 1.165) is 23.5 Å². The van der Waals surface area contributed by atoms with Gasteiger partial charge < -0.3 is 9.47 Å². The smallest absolute Gasteiger partial charge is 0.430 e. The topological polar surface area (TPSA) is 109 Å². The summed E-state index contributed by atoms with van der Waals surface area (Å²) in [5.74, 6) is -5.09. The second-order valence-corrected chi connectivity index (χ2v) is 15.9. The first-order chi connectivity index (χ1) is 21.0. The van der Waals surface area contributed by atoms with Gasteiger partial charge in [0.15, 0.2) is 17.5 Å².